The van der Waals surface area contributed by atoms with Gasteiger partial charge in [0.05, 0.1) is 0 Å². The number of benzene rings is 1. The number of urea groups is 1. The van der Waals surface area contributed by atoms with Crippen LogP contribution in [0, 0.1) is 5.82 Å². The Bertz CT molecular complexity index is 619. The van der Waals surface area contributed by atoms with E-state index in [1.165, 1.54) is 38.2 Å². The van der Waals surface area contributed by atoms with Crippen molar-refractivity contribution >= 4 is 39.9 Å². The molecule has 118 valence electrons. The molecular weight excluding hydrogens is 359 g/mol. The monoisotopic (exact) mass is 372 g/mol. The lowest BCUT2D eigenvalue weighted by Crippen LogP contribution is -2.43. The van der Waals surface area contributed by atoms with Crippen molar-refractivity contribution in [2.75, 3.05) is 7.05 Å². The van der Waals surface area contributed by atoms with Crippen molar-refractivity contribution in [3.63, 3.8) is 0 Å². The molecule has 1 rings (SSSR count). The quantitative estimate of drug-likeness (QED) is 0.625. The summed E-state index contributed by atoms with van der Waals surface area (Å²) in [5, 5.41) is 4.16. The van der Waals surface area contributed by atoms with Gasteiger partial charge in [-0.2, -0.15) is 0 Å². The zero-order valence-electron chi connectivity index (χ0n) is 11.9. The van der Waals surface area contributed by atoms with Crippen molar-refractivity contribution in [2.45, 2.75) is 13.0 Å². The van der Waals surface area contributed by atoms with Crippen LogP contribution in [0.2, 0.25) is 0 Å². The van der Waals surface area contributed by atoms with Crippen molar-refractivity contribution in [3.8, 4) is 0 Å². The highest BCUT2D eigenvalue weighted by atomic mass is 79.9. The van der Waals surface area contributed by atoms with Gasteiger partial charge >= 0.3 is 12.0 Å². The number of amides is 3. The average Bonchev–Trinajstić information content (AvgIpc) is 2.47. The normalized spacial score (nSPS) is 11.8. The van der Waals surface area contributed by atoms with Gasteiger partial charge in [-0.15, -0.1) is 0 Å². The molecule has 2 N–H and O–H groups in total. The fourth-order valence-electron chi connectivity index (χ4n) is 1.34. The van der Waals surface area contributed by atoms with Crippen LogP contribution in [0.5, 0.6) is 0 Å². The number of carbonyl (C=O) groups is 3. The van der Waals surface area contributed by atoms with Crippen LogP contribution >= 0.6 is 15.9 Å². The van der Waals surface area contributed by atoms with Gasteiger partial charge in [-0.05, 0) is 31.2 Å². The molecule has 0 radical (unpaired) electrons. The first kappa shape index (κ1) is 17.8. The van der Waals surface area contributed by atoms with Crippen LogP contribution in [-0.2, 0) is 14.3 Å². The highest BCUT2D eigenvalue weighted by Gasteiger charge is 2.18. The predicted octanol–water partition coefficient (Wildman–Crippen LogP) is 1.99. The lowest BCUT2D eigenvalue weighted by molar-refractivity contribution is -0.149. The Morgan fingerprint density at radius 3 is 2.68 bits per heavy atom. The summed E-state index contributed by atoms with van der Waals surface area (Å²) in [4.78, 5) is 34.0. The van der Waals surface area contributed by atoms with Gasteiger partial charge < -0.3 is 10.1 Å². The molecule has 0 fully saturated rings. The van der Waals surface area contributed by atoms with E-state index in [1.807, 2.05) is 5.32 Å². The minimum absolute atomic E-state index is 0.189. The topological polar surface area (TPSA) is 84.5 Å². The number of hydrogen-bond acceptors (Lipinski definition) is 4. The molecule has 6 nitrogen and oxygen atoms in total. The Kier molecular flexibility index (Phi) is 6.71. The van der Waals surface area contributed by atoms with E-state index in [1.54, 1.807) is 0 Å². The molecule has 8 heteroatoms. The van der Waals surface area contributed by atoms with Crippen LogP contribution in [0.25, 0.3) is 6.08 Å². The molecule has 0 saturated carbocycles. The number of nitrogens with one attached hydrogen (secondary N) is 2. The number of carbonyl (C=O) groups excluding carboxylic acids is 3. The lowest BCUT2D eigenvalue weighted by atomic mass is 10.2. The summed E-state index contributed by atoms with van der Waals surface area (Å²) < 4.78 is 18.9. The Labute approximate surface area is 134 Å². The minimum atomic E-state index is -1.16. The van der Waals surface area contributed by atoms with Crippen molar-refractivity contribution in [1.82, 2.24) is 10.6 Å². The van der Waals surface area contributed by atoms with Gasteiger partial charge in [0.15, 0.2) is 6.10 Å². The molecule has 0 aliphatic heterocycles. The van der Waals surface area contributed by atoms with E-state index in [2.05, 4.69) is 21.2 Å². The summed E-state index contributed by atoms with van der Waals surface area (Å²) >= 11 is 3.18. The van der Waals surface area contributed by atoms with E-state index in [0.717, 1.165) is 6.08 Å². The van der Waals surface area contributed by atoms with Crippen molar-refractivity contribution in [2.24, 2.45) is 0 Å². The van der Waals surface area contributed by atoms with Gasteiger partial charge in [-0.1, -0.05) is 15.9 Å². The summed E-state index contributed by atoms with van der Waals surface area (Å²) in [6, 6.07) is 3.55. The molecule has 0 heterocycles. The smallest absolute Gasteiger partial charge is 0.331 e. The largest absolute Gasteiger partial charge is 0.449 e. The molecule has 0 aliphatic rings. The third kappa shape index (κ3) is 5.65. The summed E-state index contributed by atoms with van der Waals surface area (Å²) in [7, 11) is 1.34. The SMILES string of the molecule is CNC(=O)NC(=O)[C@@H](C)OC(=O)/C=C/c1cc(Br)ccc1F. The van der Waals surface area contributed by atoms with Crippen molar-refractivity contribution < 1.29 is 23.5 Å². The molecule has 0 unspecified atom stereocenters. The third-order valence-electron chi connectivity index (χ3n) is 2.48. The zero-order valence-corrected chi connectivity index (χ0v) is 13.4. The fourth-order valence-corrected chi connectivity index (χ4v) is 1.72. The van der Waals surface area contributed by atoms with Crippen LogP contribution in [0.15, 0.2) is 28.7 Å². The maximum absolute atomic E-state index is 13.5. The summed E-state index contributed by atoms with van der Waals surface area (Å²) in [5.74, 6) is -2.11. The number of hydrogen-bond donors (Lipinski definition) is 2. The van der Waals surface area contributed by atoms with Gasteiger partial charge in [-0.3, -0.25) is 10.1 Å². The van der Waals surface area contributed by atoms with Crippen molar-refractivity contribution in [1.29, 1.82) is 0 Å². The van der Waals surface area contributed by atoms with E-state index in [-0.39, 0.29) is 5.56 Å². The van der Waals surface area contributed by atoms with Gasteiger partial charge in [0.25, 0.3) is 5.91 Å². The van der Waals surface area contributed by atoms with Crippen molar-refractivity contribution in [3.05, 3.63) is 40.1 Å². The minimum Gasteiger partial charge on any atom is -0.449 e. The van der Waals surface area contributed by atoms with Crippen LogP contribution < -0.4 is 10.6 Å². The van der Waals surface area contributed by atoms with Gasteiger partial charge in [0.2, 0.25) is 0 Å². The third-order valence-corrected chi connectivity index (χ3v) is 2.98. The number of esters is 1. The van der Waals surface area contributed by atoms with E-state index in [4.69, 9.17) is 4.74 Å². The molecule has 1 aromatic carbocycles. The number of ether oxygens (including phenoxy) is 1. The molecule has 3 amide bonds. The average molecular weight is 373 g/mol. The first-order chi connectivity index (χ1) is 10.3. The number of imide groups is 1. The summed E-state index contributed by atoms with van der Waals surface area (Å²) in [6.07, 6.45) is 1.06. The molecule has 1 aromatic rings. The molecule has 0 aliphatic carbocycles. The number of halogens is 2. The van der Waals surface area contributed by atoms with Crippen LogP contribution in [0.1, 0.15) is 12.5 Å². The van der Waals surface area contributed by atoms with Gasteiger partial charge in [-0.25, -0.2) is 14.0 Å². The molecule has 0 bridgehead atoms. The Morgan fingerprint density at radius 2 is 2.05 bits per heavy atom. The highest BCUT2D eigenvalue weighted by Crippen LogP contribution is 2.16. The van der Waals surface area contributed by atoms with E-state index >= 15 is 0 Å². The number of rotatable bonds is 4. The summed E-state index contributed by atoms with van der Waals surface area (Å²) in [6.45, 7) is 1.31. The van der Waals surface area contributed by atoms with E-state index in [0.29, 0.717) is 4.47 Å². The van der Waals surface area contributed by atoms with E-state index < -0.39 is 29.8 Å². The molecular formula is C14H14BrFN2O4. The maximum atomic E-state index is 13.5. The van der Waals surface area contributed by atoms with Crippen LogP contribution in [0.3, 0.4) is 0 Å². The Morgan fingerprint density at radius 1 is 1.36 bits per heavy atom. The maximum Gasteiger partial charge on any atom is 0.331 e. The van der Waals surface area contributed by atoms with Crippen LogP contribution in [-0.4, -0.2) is 31.1 Å². The highest BCUT2D eigenvalue weighted by molar-refractivity contribution is 9.10. The van der Waals surface area contributed by atoms with Gasteiger partial charge in [0, 0.05) is 23.2 Å². The molecule has 22 heavy (non-hydrogen) atoms. The summed E-state index contributed by atoms with van der Waals surface area (Å²) in [5.41, 5.74) is 0.189. The predicted molar refractivity (Wildman–Crippen MR) is 81.3 cm³/mol. The lowest BCUT2D eigenvalue weighted by Gasteiger charge is -2.11. The van der Waals surface area contributed by atoms with Crippen LogP contribution in [0.4, 0.5) is 9.18 Å². The Hall–Kier alpha value is -2.22. The Balaban J connectivity index is 2.62. The second-order valence-electron chi connectivity index (χ2n) is 4.15. The molecule has 0 spiro atoms. The zero-order chi connectivity index (χ0) is 16.7. The first-order valence-corrected chi connectivity index (χ1v) is 6.99. The first-order valence-electron chi connectivity index (χ1n) is 6.19. The molecule has 0 aromatic heterocycles. The molecule has 0 saturated heterocycles. The standard InChI is InChI=1S/C14H14BrFN2O4/c1-8(13(20)18-14(21)17-2)22-12(19)6-3-9-7-10(15)4-5-11(9)16/h3-8H,1-2H3,(H2,17,18,20,21)/b6-3+/t8-/m1/s1. The second kappa shape index (κ2) is 8.28. The fraction of sp³-hybridized carbons (Fsp3) is 0.214. The second-order valence-corrected chi connectivity index (χ2v) is 5.06. The van der Waals surface area contributed by atoms with Gasteiger partial charge in [0.1, 0.15) is 5.82 Å². The van der Waals surface area contributed by atoms with E-state index in [9.17, 15) is 18.8 Å². The molecule has 1 atom stereocenters.